The van der Waals surface area contributed by atoms with E-state index in [4.69, 9.17) is 19.4 Å². The van der Waals surface area contributed by atoms with Crippen LogP contribution < -0.4 is 0 Å². The predicted octanol–water partition coefficient (Wildman–Crippen LogP) is 13.2. The third-order valence-corrected chi connectivity index (χ3v) is 11.3. The van der Waals surface area contributed by atoms with Gasteiger partial charge in [-0.1, -0.05) is 140 Å². The van der Waals surface area contributed by atoms with Gasteiger partial charge in [-0.3, -0.25) is 0 Å². The van der Waals surface area contributed by atoms with Crippen LogP contribution in [-0.4, -0.2) is 15.0 Å². The lowest BCUT2D eigenvalue weighted by molar-refractivity contribution is 0.669. The smallest absolute Gasteiger partial charge is 0.165 e. The maximum atomic E-state index is 6.50. The zero-order chi connectivity index (χ0) is 36.3. The van der Waals surface area contributed by atoms with E-state index < -0.39 is 0 Å². The average Bonchev–Trinajstić information content (AvgIpc) is 3.65. The molecule has 0 saturated carbocycles. The van der Waals surface area contributed by atoms with Gasteiger partial charge in [0.1, 0.15) is 11.2 Å². The van der Waals surface area contributed by atoms with Crippen LogP contribution in [0.3, 0.4) is 0 Å². The van der Waals surface area contributed by atoms with Crippen molar-refractivity contribution in [2.24, 2.45) is 5.92 Å². The number of fused-ring (bicyclic) bond motifs is 7. The zero-order valence-electron chi connectivity index (χ0n) is 30.1. The first-order chi connectivity index (χ1) is 27.2. The summed E-state index contributed by atoms with van der Waals surface area (Å²) in [5, 5.41) is 4.43. The number of hydrogen-bond donors (Lipinski definition) is 0. The number of allylic oxidation sites excluding steroid dienone is 9. The summed E-state index contributed by atoms with van der Waals surface area (Å²) in [6.45, 7) is 0. The summed E-state index contributed by atoms with van der Waals surface area (Å²) in [5.74, 6) is 2.21. The van der Waals surface area contributed by atoms with E-state index in [9.17, 15) is 0 Å². The second-order valence-corrected chi connectivity index (χ2v) is 14.6. The largest absolute Gasteiger partial charge is 0.456 e. The van der Waals surface area contributed by atoms with Crippen molar-refractivity contribution >= 4 is 55.5 Å². The molecule has 1 atom stereocenters. The maximum Gasteiger partial charge on any atom is 0.165 e. The molecule has 2 heterocycles. The lowest BCUT2D eigenvalue weighted by Crippen LogP contribution is -2.12. The van der Waals surface area contributed by atoms with Crippen molar-refractivity contribution in [3.8, 4) is 33.9 Å². The first-order valence-corrected chi connectivity index (χ1v) is 19.1. The topological polar surface area (TPSA) is 51.8 Å². The second kappa shape index (κ2) is 12.9. The molecule has 8 aromatic rings. The highest BCUT2D eigenvalue weighted by Crippen LogP contribution is 2.45. The molecular formula is C51H35N3O. The Bertz CT molecular complexity index is 3010. The van der Waals surface area contributed by atoms with Crippen LogP contribution in [0.4, 0.5) is 0 Å². The van der Waals surface area contributed by atoms with Crippen LogP contribution in [0.1, 0.15) is 41.8 Å². The molecular weight excluding hydrogens is 671 g/mol. The number of furan rings is 1. The highest BCUT2D eigenvalue weighted by molar-refractivity contribution is 6.15. The summed E-state index contributed by atoms with van der Waals surface area (Å²) in [4.78, 5) is 15.9. The van der Waals surface area contributed by atoms with Crippen molar-refractivity contribution in [1.82, 2.24) is 15.0 Å². The van der Waals surface area contributed by atoms with Crippen molar-refractivity contribution in [3.05, 3.63) is 186 Å². The van der Waals surface area contributed by atoms with Crippen molar-refractivity contribution in [2.45, 2.75) is 19.3 Å². The molecule has 260 valence electrons. The normalized spacial score (nSPS) is 16.1. The summed E-state index contributed by atoms with van der Waals surface area (Å²) in [6, 6.07) is 44.9. The van der Waals surface area contributed by atoms with Crippen LogP contribution in [0, 0.1) is 5.92 Å². The Kier molecular flexibility index (Phi) is 7.41. The van der Waals surface area contributed by atoms with E-state index in [0.717, 1.165) is 69.0 Å². The minimum Gasteiger partial charge on any atom is -0.456 e. The number of para-hydroxylation sites is 1. The SMILES string of the molecule is C1=CC(c2ccc3ccc(-c4ccc5oc6ccccc6c5c4-c4nc(C5=CC=C6c7ccccc7C=CC6C5)nc(-c5ccccc5)n4)cc3c2)=CCC1. The van der Waals surface area contributed by atoms with Crippen molar-refractivity contribution in [3.63, 3.8) is 0 Å². The molecule has 0 amide bonds. The van der Waals surface area contributed by atoms with E-state index in [0.29, 0.717) is 17.5 Å². The third kappa shape index (κ3) is 5.49. The van der Waals surface area contributed by atoms with Gasteiger partial charge in [0.15, 0.2) is 17.5 Å². The zero-order valence-corrected chi connectivity index (χ0v) is 30.1. The van der Waals surface area contributed by atoms with E-state index in [1.165, 1.54) is 38.6 Å². The number of rotatable bonds is 5. The highest BCUT2D eigenvalue weighted by atomic mass is 16.3. The molecule has 1 unspecified atom stereocenters. The molecule has 3 aliphatic rings. The van der Waals surface area contributed by atoms with Crippen LogP contribution in [-0.2, 0) is 0 Å². The van der Waals surface area contributed by atoms with Gasteiger partial charge in [0.05, 0.1) is 0 Å². The van der Waals surface area contributed by atoms with E-state index in [1.54, 1.807) is 0 Å². The number of hydrogen-bond acceptors (Lipinski definition) is 4. The van der Waals surface area contributed by atoms with Crippen LogP contribution in [0.25, 0.3) is 89.4 Å². The van der Waals surface area contributed by atoms with Gasteiger partial charge in [-0.2, -0.15) is 0 Å². The van der Waals surface area contributed by atoms with Crippen LogP contribution >= 0.6 is 0 Å². The monoisotopic (exact) mass is 705 g/mol. The Hall–Kier alpha value is -6.91. The van der Waals surface area contributed by atoms with Gasteiger partial charge >= 0.3 is 0 Å². The van der Waals surface area contributed by atoms with E-state index in [-0.39, 0.29) is 5.92 Å². The number of benzene rings is 6. The van der Waals surface area contributed by atoms with E-state index in [1.807, 2.05) is 30.3 Å². The van der Waals surface area contributed by atoms with Gasteiger partial charge in [-0.25, -0.2) is 15.0 Å². The third-order valence-electron chi connectivity index (χ3n) is 11.3. The fourth-order valence-electron chi connectivity index (χ4n) is 8.54. The minimum atomic E-state index is 0.245. The van der Waals surface area contributed by atoms with Gasteiger partial charge in [0.2, 0.25) is 0 Å². The Morgan fingerprint density at radius 1 is 0.564 bits per heavy atom. The second-order valence-electron chi connectivity index (χ2n) is 14.6. The average molecular weight is 706 g/mol. The molecule has 6 aromatic carbocycles. The molecule has 0 spiro atoms. The minimum absolute atomic E-state index is 0.245. The summed E-state index contributed by atoms with van der Waals surface area (Å²) >= 11 is 0. The van der Waals surface area contributed by atoms with Gasteiger partial charge in [-0.05, 0) is 105 Å². The fraction of sp³-hybridized carbons (Fsp3) is 0.0784. The summed E-state index contributed by atoms with van der Waals surface area (Å²) in [5.41, 5.74) is 13.2. The fourth-order valence-corrected chi connectivity index (χ4v) is 8.54. The molecule has 11 rings (SSSR count). The Morgan fingerprint density at radius 2 is 1.36 bits per heavy atom. The predicted molar refractivity (Wildman–Crippen MR) is 227 cm³/mol. The molecule has 0 radical (unpaired) electrons. The standard InChI is InChI=1S/C51H35N3O/c1-3-11-32(12-4-1)36-22-19-33-20-23-38(31-40(33)29-36)43-27-28-46-47(44-17-9-10-18-45(44)55-46)48(43)51-53-49(35-14-5-2-6-15-35)52-50(54-51)39-25-26-42-37(30-39)24-21-34-13-7-8-16-41(34)42/h2-3,5-29,31,37H,1,4,30H2. The highest BCUT2D eigenvalue weighted by Gasteiger charge is 2.27. The Balaban J connectivity index is 1.14. The van der Waals surface area contributed by atoms with Crippen molar-refractivity contribution < 1.29 is 4.42 Å². The van der Waals surface area contributed by atoms with Crippen LogP contribution in [0.15, 0.2) is 168 Å². The molecule has 3 aliphatic carbocycles. The Morgan fingerprint density at radius 3 is 2.27 bits per heavy atom. The van der Waals surface area contributed by atoms with Crippen LogP contribution in [0.2, 0.25) is 0 Å². The van der Waals surface area contributed by atoms with Gasteiger partial charge in [-0.15, -0.1) is 0 Å². The molecule has 0 fully saturated rings. The molecule has 2 aromatic heterocycles. The van der Waals surface area contributed by atoms with Crippen LogP contribution in [0.5, 0.6) is 0 Å². The first-order valence-electron chi connectivity index (χ1n) is 19.1. The lowest BCUT2D eigenvalue weighted by atomic mass is 9.78. The van der Waals surface area contributed by atoms with Gasteiger partial charge in [0, 0.05) is 27.8 Å². The van der Waals surface area contributed by atoms with E-state index in [2.05, 4.69) is 140 Å². The maximum absolute atomic E-state index is 6.50. The Labute approximate surface area is 319 Å². The van der Waals surface area contributed by atoms with Gasteiger partial charge in [0.25, 0.3) is 0 Å². The first kappa shape index (κ1) is 31.6. The van der Waals surface area contributed by atoms with Gasteiger partial charge < -0.3 is 4.42 Å². The number of aromatic nitrogens is 3. The molecule has 0 saturated heterocycles. The molecule has 0 N–H and O–H groups in total. The van der Waals surface area contributed by atoms with E-state index >= 15 is 0 Å². The quantitative estimate of drug-likeness (QED) is 0.179. The molecule has 4 heteroatoms. The molecule has 55 heavy (non-hydrogen) atoms. The lowest BCUT2D eigenvalue weighted by Gasteiger charge is -2.27. The summed E-state index contributed by atoms with van der Waals surface area (Å²) in [6.07, 6.45) is 18.9. The number of nitrogens with zero attached hydrogens (tertiary/aromatic N) is 3. The molecule has 4 nitrogen and oxygen atoms in total. The molecule has 0 bridgehead atoms. The van der Waals surface area contributed by atoms with Crippen molar-refractivity contribution in [1.29, 1.82) is 0 Å². The summed E-state index contributed by atoms with van der Waals surface area (Å²) in [7, 11) is 0. The summed E-state index contributed by atoms with van der Waals surface area (Å²) < 4.78 is 6.50. The molecule has 0 aliphatic heterocycles. The van der Waals surface area contributed by atoms with Crippen molar-refractivity contribution in [2.75, 3.05) is 0 Å².